The van der Waals surface area contributed by atoms with Gasteiger partial charge in [-0.15, -0.1) is 0 Å². The molecule has 110 valence electrons. The van der Waals surface area contributed by atoms with Crippen LogP contribution in [0.15, 0.2) is 24.3 Å². The van der Waals surface area contributed by atoms with Crippen LogP contribution < -0.4 is 10.1 Å². The van der Waals surface area contributed by atoms with Crippen molar-refractivity contribution in [3.63, 3.8) is 0 Å². The number of methoxy groups -OCH3 is 1. The smallest absolute Gasteiger partial charge is 0.118 e. The minimum absolute atomic E-state index is 0.551. The van der Waals surface area contributed by atoms with Gasteiger partial charge in [-0.2, -0.15) is 0 Å². The third kappa shape index (κ3) is 3.23. The zero-order chi connectivity index (χ0) is 13.9. The minimum Gasteiger partial charge on any atom is -0.497 e. The summed E-state index contributed by atoms with van der Waals surface area (Å²) in [5, 5.41) is 3.74. The van der Waals surface area contributed by atoms with Crippen molar-refractivity contribution in [1.82, 2.24) is 5.32 Å². The Bertz CT molecular complexity index is 458. The van der Waals surface area contributed by atoms with Crippen LogP contribution in [0.1, 0.15) is 37.2 Å². The molecule has 1 aromatic carbocycles. The lowest BCUT2D eigenvalue weighted by Crippen LogP contribution is -2.47. The fraction of sp³-hybridized carbons (Fsp3) is 0.625. The normalized spacial score (nSPS) is 33.5. The molecule has 3 rings (SSSR count). The molecule has 2 aliphatic rings. The summed E-state index contributed by atoms with van der Waals surface area (Å²) < 4.78 is 16.5. The molecule has 1 aliphatic heterocycles. The molecule has 0 spiro atoms. The highest BCUT2D eigenvalue weighted by Crippen LogP contribution is 2.37. The first-order chi connectivity index (χ1) is 9.74. The second-order valence-corrected chi connectivity index (χ2v) is 7.62. The summed E-state index contributed by atoms with van der Waals surface area (Å²) in [6.45, 7) is 0. The molecule has 20 heavy (non-hydrogen) atoms. The predicted molar refractivity (Wildman–Crippen MR) is 82.8 cm³/mol. The Labute approximate surface area is 123 Å². The van der Waals surface area contributed by atoms with Crippen LogP contribution in [-0.2, 0) is 10.8 Å². The topological polar surface area (TPSA) is 38.3 Å². The molecule has 0 bridgehead atoms. The van der Waals surface area contributed by atoms with Gasteiger partial charge in [0.25, 0.3) is 0 Å². The number of hydrogen-bond acceptors (Lipinski definition) is 3. The number of hydrogen-bond donors (Lipinski definition) is 1. The predicted octanol–water partition coefficient (Wildman–Crippen LogP) is 2.44. The van der Waals surface area contributed by atoms with E-state index in [-0.39, 0.29) is 0 Å². The zero-order valence-electron chi connectivity index (χ0n) is 12.0. The first-order valence-corrected chi connectivity index (χ1v) is 8.98. The molecule has 4 heteroatoms. The number of ether oxygens (including phenoxy) is 1. The molecule has 0 unspecified atom stereocenters. The van der Waals surface area contributed by atoms with Crippen LogP contribution in [0, 0.1) is 0 Å². The van der Waals surface area contributed by atoms with E-state index < -0.39 is 10.8 Å². The van der Waals surface area contributed by atoms with Gasteiger partial charge in [0.05, 0.1) is 7.11 Å². The van der Waals surface area contributed by atoms with Crippen LogP contribution >= 0.6 is 0 Å². The average Bonchev–Trinajstić information content (AvgIpc) is 2.45. The number of benzene rings is 1. The Hall–Kier alpha value is -0.870. The molecule has 0 radical (unpaired) electrons. The molecule has 1 aliphatic carbocycles. The zero-order valence-corrected chi connectivity index (χ0v) is 12.8. The molecule has 3 nitrogen and oxygen atoms in total. The standard InChI is InChI=1S/C16H23NO2S/c1-19-16-4-2-12(3-5-16)13-10-15(11-13)17-14-6-8-20(18)9-7-14/h2-5,13-15,17H,6-11H2,1H3. The van der Waals surface area contributed by atoms with E-state index in [1.807, 2.05) is 12.1 Å². The van der Waals surface area contributed by atoms with Crippen molar-refractivity contribution in [3.05, 3.63) is 29.8 Å². The van der Waals surface area contributed by atoms with Crippen LogP contribution in [0.2, 0.25) is 0 Å². The van der Waals surface area contributed by atoms with Gasteiger partial charge in [-0.25, -0.2) is 0 Å². The summed E-state index contributed by atoms with van der Waals surface area (Å²) >= 11 is 0. The fourth-order valence-electron chi connectivity index (χ4n) is 3.20. The van der Waals surface area contributed by atoms with Gasteiger partial charge >= 0.3 is 0 Å². The molecule has 2 fully saturated rings. The summed E-state index contributed by atoms with van der Waals surface area (Å²) in [6.07, 6.45) is 4.62. The maximum absolute atomic E-state index is 11.3. The SMILES string of the molecule is COc1ccc(C2CC(NC3CCS(=O)CC3)C2)cc1. The van der Waals surface area contributed by atoms with Crippen LogP contribution in [0.3, 0.4) is 0 Å². The van der Waals surface area contributed by atoms with Crippen molar-refractivity contribution in [2.24, 2.45) is 0 Å². The van der Waals surface area contributed by atoms with E-state index in [1.54, 1.807) is 7.11 Å². The molecule has 1 saturated carbocycles. The highest BCUT2D eigenvalue weighted by molar-refractivity contribution is 7.85. The van der Waals surface area contributed by atoms with Crippen LogP contribution in [0.25, 0.3) is 0 Å². The van der Waals surface area contributed by atoms with E-state index in [9.17, 15) is 4.21 Å². The minimum atomic E-state index is -0.551. The van der Waals surface area contributed by atoms with E-state index in [0.717, 1.165) is 30.1 Å². The summed E-state index contributed by atoms with van der Waals surface area (Å²) in [4.78, 5) is 0. The summed E-state index contributed by atoms with van der Waals surface area (Å²) in [5.74, 6) is 3.38. The lowest BCUT2D eigenvalue weighted by Gasteiger charge is -2.39. The molecule has 1 heterocycles. The molecule has 0 amide bonds. The molecule has 1 aromatic rings. The monoisotopic (exact) mass is 293 g/mol. The van der Waals surface area contributed by atoms with Gasteiger partial charge in [-0.1, -0.05) is 12.1 Å². The maximum atomic E-state index is 11.3. The average molecular weight is 293 g/mol. The lowest BCUT2D eigenvalue weighted by molar-refractivity contribution is 0.258. The Morgan fingerprint density at radius 3 is 2.35 bits per heavy atom. The molecule has 1 N–H and O–H groups in total. The third-order valence-corrected chi connectivity index (χ3v) is 5.97. The van der Waals surface area contributed by atoms with E-state index >= 15 is 0 Å². The van der Waals surface area contributed by atoms with Crippen molar-refractivity contribution >= 4 is 10.8 Å². The first kappa shape index (κ1) is 14.1. The molecule has 0 aromatic heterocycles. The first-order valence-electron chi connectivity index (χ1n) is 7.49. The molecular formula is C16H23NO2S. The van der Waals surface area contributed by atoms with Gasteiger partial charge < -0.3 is 10.1 Å². The lowest BCUT2D eigenvalue weighted by atomic mass is 9.75. The quantitative estimate of drug-likeness (QED) is 0.926. The van der Waals surface area contributed by atoms with Gasteiger partial charge in [0.1, 0.15) is 5.75 Å². The third-order valence-electron chi connectivity index (χ3n) is 4.58. The second-order valence-electron chi connectivity index (χ2n) is 5.93. The number of nitrogens with one attached hydrogen (secondary N) is 1. The molecule has 0 atom stereocenters. The largest absolute Gasteiger partial charge is 0.497 e. The Kier molecular flexibility index (Phi) is 4.41. The van der Waals surface area contributed by atoms with E-state index in [4.69, 9.17) is 4.74 Å². The molecule has 1 saturated heterocycles. The van der Waals surface area contributed by atoms with Crippen molar-refractivity contribution in [2.75, 3.05) is 18.6 Å². The van der Waals surface area contributed by atoms with Crippen LogP contribution in [0.5, 0.6) is 5.75 Å². The summed E-state index contributed by atoms with van der Waals surface area (Å²) in [5.41, 5.74) is 1.42. The van der Waals surface area contributed by atoms with Gasteiger partial charge in [0, 0.05) is 34.4 Å². The Morgan fingerprint density at radius 2 is 1.75 bits per heavy atom. The van der Waals surface area contributed by atoms with Gasteiger partial charge in [0.15, 0.2) is 0 Å². The Morgan fingerprint density at radius 1 is 1.10 bits per heavy atom. The van der Waals surface area contributed by atoms with Crippen molar-refractivity contribution < 1.29 is 8.95 Å². The number of rotatable bonds is 4. The maximum Gasteiger partial charge on any atom is 0.118 e. The fourth-order valence-corrected chi connectivity index (χ4v) is 4.49. The summed E-state index contributed by atoms with van der Waals surface area (Å²) in [6, 6.07) is 9.71. The highest BCUT2D eigenvalue weighted by Gasteiger charge is 2.32. The summed E-state index contributed by atoms with van der Waals surface area (Å²) in [7, 11) is 1.15. The van der Waals surface area contributed by atoms with E-state index in [0.29, 0.717) is 18.0 Å². The van der Waals surface area contributed by atoms with Gasteiger partial charge in [0.2, 0.25) is 0 Å². The highest BCUT2D eigenvalue weighted by atomic mass is 32.2. The molecular weight excluding hydrogens is 270 g/mol. The van der Waals surface area contributed by atoms with E-state index in [1.165, 1.54) is 18.4 Å². The van der Waals surface area contributed by atoms with Crippen LogP contribution in [-0.4, -0.2) is 34.9 Å². The van der Waals surface area contributed by atoms with E-state index in [2.05, 4.69) is 17.4 Å². The van der Waals surface area contributed by atoms with Gasteiger partial charge in [-0.3, -0.25) is 4.21 Å². The Balaban J connectivity index is 1.45. The van der Waals surface area contributed by atoms with Crippen molar-refractivity contribution in [3.8, 4) is 5.75 Å². The van der Waals surface area contributed by atoms with Crippen molar-refractivity contribution in [2.45, 2.75) is 43.7 Å². The van der Waals surface area contributed by atoms with Gasteiger partial charge in [-0.05, 0) is 49.3 Å². The van der Waals surface area contributed by atoms with Crippen LogP contribution in [0.4, 0.5) is 0 Å². The second kappa shape index (κ2) is 6.27. The van der Waals surface area contributed by atoms with Crippen molar-refractivity contribution in [1.29, 1.82) is 0 Å².